The third kappa shape index (κ3) is 4.53. The van der Waals surface area contributed by atoms with Crippen molar-refractivity contribution >= 4 is 15.9 Å². The normalized spacial score (nSPS) is 17.9. The van der Waals surface area contributed by atoms with Crippen LogP contribution in [0.2, 0.25) is 0 Å². The van der Waals surface area contributed by atoms with Gasteiger partial charge >= 0.3 is 0 Å². The Morgan fingerprint density at radius 3 is 2.30 bits per heavy atom. The molecule has 0 aromatic heterocycles. The van der Waals surface area contributed by atoms with Gasteiger partial charge in [-0.15, -0.1) is 0 Å². The molecule has 1 saturated heterocycles. The second kappa shape index (κ2) is 6.59. The summed E-state index contributed by atoms with van der Waals surface area (Å²) in [5, 5.41) is 2.85. The van der Waals surface area contributed by atoms with Gasteiger partial charge in [-0.2, -0.15) is 4.31 Å². The molecule has 7 heteroatoms. The van der Waals surface area contributed by atoms with E-state index in [1.54, 1.807) is 18.2 Å². The van der Waals surface area contributed by atoms with Crippen LogP contribution in [0.1, 0.15) is 31.1 Å². The lowest BCUT2D eigenvalue weighted by Gasteiger charge is -2.31. The molecule has 0 aliphatic carbocycles. The highest BCUT2D eigenvalue weighted by Crippen LogP contribution is 2.19. The average molecular weight is 339 g/mol. The van der Waals surface area contributed by atoms with Gasteiger partial charge < -0.3 is 10.2 Å². The van der Waals surface area contributed by atoms with Gasteiger partial charge in [-0.3, -0.25) is 4.79 Å². The third-order valence-electron chi connectivity index (χ3n) is 3.68. The van der Waals surface area contributed by atoms with Gasteiger partial charge in [0.05, 0.1) is 4.90 Å². The minimum Gasteiger partial charge on any atom is -0.347 e. The van der Waals surface area contributed by atoms with E-state index in [4.69, 9.17) is 0 Å². The lowest BCUT2D eigenvalue weighted by molar-refractivity contribution is 0.0919. The second-order valence-corrected chi connectivity index (χ2v) is 8.88. The smallest absolute Gasteiger partial charge is 0.251 e. The van der Waals surface area contributed by atoms with Crippen molar-refractivity contribution in [1.29, 1.82) is 0 Å². The molecule has 1 aliphatic heterocycles. The number of hydrogen-bond donors (Lipinski definition) is 1. The van der Waals surface area contributed by atoms with Crippen molar-refractivity contribution in [1.82, 2.24) is 14.5 Å². The Morgan fingerprint density at radius 2 is 1.74 bits per heavy atom. The molecule has 128 valence electrons. The summed E-state index contributed by atoms with van der Waals surface area (Å²) in [6.45, 7) is 8.02. The zero-order chi connectivity index (χ0) is 17.3. The predicted octanol–water partition coefficient (Wildman–Crippen LogP) is 1.15. The fourth-order valence-corrected chi connectivity index (χ4v) is 3.86. The van der Waals surface area contributed by atoms with Gasteiger partial charge in [-0.25, -0.2) is 8.42 Å². The summed E-state index contributed by atoms with van der Waals surface area (Å²) in [7, 11) is -1.58. The van der Waals surface area contributed by atoms with Crippen LogP contribution in [0.15, 0.2) is 29.2 Å². The monoisotopic (exact) mass is 339 g/mol. The van der Waals surface area contributed by atoms with Gasteiger partial charge in [0.2, 0.25) is 10.0 Å². The van der Waals surface area contributed by atoms with E-state index in [0.29, 0.717) is 31.7 Å². The van der Waals surface area contributed by atoms with E-state index >= 15 is 0 Å². The van der Waals surface area contributed by atoms with Crippen LogP contribution in [0.3, 0.4) is 0 Å². The number of hydrogen-bond acceptors (Lipinski definition) is 4. The minimum atomic E-state index is -3.56. The number of benzene rings is 1. The Balaban J connectivity index is 2.23. The van der Waals surface area contributed by atoms with Gasteiger partial charge in [0.1, 0.15) is 0 Å². The van der Waals surface area contributed by atoms with E-state index < -0.39 is 10.0 Å². The molecule has 0 atom stereocenters. The molecule has 2 rings (SSSR count). The first-order chi connectivity index (χ1) is 10.6. The molecular formula is C16H25N3O3S. The maximum absolute atomic E-state index is 12.7. The highest BCUT2D eigenvalue weighted by molar-refractivity contribution is 7.89. The number of likely N-dealkylation sites (N-methyl/N-ethyl adjacent to an activating group) is 1. The van der Waals surface area contributed by atoms with Crippen LogP contribution in [0.4, 0.5) is 0 Å². The Morgan fingerprint density at radius 1 is 1.13 bits per heavy atom. The van der Waals surface area contributed by atoms with Gasteiger partial charge in [0.25, 0.3) is 5.91 Å². The number of sulfonamides is 1. The Kier molecular flexibility index (Phi) is 5.13. The maximum Gasteiger partial charge on any atom is 0.251 e. The summed E-state index contributed by atoms with van der Waals surface area (Å²) in [5.74, 6) is -0.270. The van der Waals surface area contributed by atoms with E-state index in [0.717, 1.165) is 0 Å². The summed E-state index contributed by atoms with van der Waals surface area (Å²) in [6.07, 6.45) is 0. The Hall–Kier alpha value is -1.44. The number of piperazine rings is 1. The molecule has 0 unspecified atom stereocenters. The molecule has 23 heavy (non-hydrogen) atoms. The molecule has 0 saturated carbocycles. The quantitative estimate of drug-likeness (QED) is 0.897. The van der Waals surface area contributed by atoms with Gasteiger partial charge in [-0.1, -0.05) is 6.07 Å². The zero-order valence-electron chi connectivity index (χ0n) is 14.2. The number of carbonyl (C=O) groups excluding carboxylic acids is 1. The van der Waals surface area contributed by atoms with Gasteiger partial charge in [0, 0.05) is 37.3 Å². The standard InChI is InChI=1S/C16H25N3O3S/c1-16(2,3)17-15(20)13-6-5-7-14(12-13)23(21,22)19-10-8-18(4)9-11-19/h5-7,12H,8-11H2,1-4H3,(H,17,20). The number of carbonyl (C=O) groups is 1. The molecule has 1 fully saturated rings. The van der Waals surface area contributed by atoms with E-state index in [1.807, 2.05) is 27.8 Å². The first-order valence-electron chi connectivity index (χ1n) is 7.71. The molecule has 1 aromatic carbocycles. The number of nitrogens with one attached hydrogen (secondary N) is 1. The highest BCUT2D eigenvalue weighted by Gasteiger charge is 2.28. The fraction of sp³-hybridized carbons (Fsp3) is 0.562. The van der Waals surface area contributed by atoms with Crippen molar-refractivity contribution in [3.8, 4) is 0 Å². The molecular weight excluding hydrogens is 314 g/mol. The van der Waals surface area contributed by atoms with Crippen molar-refractivity contribution in [2.24, 2.45) is 0 Å². The van der Waals surface area contributed by atoms with Crippen LogP contribution >= 0.6 is 0 Å². The fourth-order valence-electron chi connectivity index (χ4n) is 2.39. The van der Waals surface area contributed by atoms with Crippen molar-refractivity contribution in [2.45, 2.75) is 31.2 Å². The number of nitrogens with zero attached hydrogens (tertiary/aromatic N) is 2. The van der Waals surface area contributed by atoms with Crippen molar-refractivity contribution in [2.75, 3.05) is 33.2 Å². The van der Waals surface area contributed by atoms with Crippen molar-refractivity contribution < 1.29 is 13.2 Å². The van der Waals surface area contributed by atoms with Crippen LogP contribution in [0, 0.1) is 0 Å². The largest absolute Gasteiger partial charge is 0.347 e. The third-order valence-corrected chi connectivity index (χ3v) is 5.58. The minimum absolute atomic E-state index is 0.170. The molecule has 0 spiro atoms. The van der Waals surface area contributed by atoms with Crippen LogP contribution in [0.5, 0.6) is 0 Å². The van der Waals surface area contributed by atoms with Crippen molar-refractivity contribution in [3.63, 3.8) is 0 Å². The summed E-state index contributed by atoms with van der Waals surface area (Å²) in [5.41, 5.74) is -0.0150. The molecule has 0 radical (unpaired) electrons. The lowest BCUT2D eigenvalue weighted by Crippen LogP contribution is -2.47. The molecule has 1 aromatic rings. The van der Waals surface area contributed by atoms with Gasteiger partial charge in [-0.05, 0) is 46.0 Å². The molecule has 1 N–H and O–H groups in total. The van der Waals surface area contributed by atoms with E-state index in [1.165, 1.54) is 10.4 Å². The second-order valence-electron chi connectivity index (χ2n) is 6.94. The van der Waals surface area contributed by atoms with Crippen LogP contribution in [-0.4, -0.2) is 62.3 Å². The molecule has 6 nitrogen and oxygen atoms in total. The van der Waals surface area contributed by atoms with E-state index in [2.05, 4.69) is 10.2 Å². The molecule has 1 heterocycles. The van der Waals surface area contributed by atoms with Gasteiger partial charge in [0.15, 0.2) is 0 Å². The SMILES string of the molecule is CN1CCN(S(=O)(=O)c2cccc(C(=O)NC(C)(C)C)c2)CC1. The molecule has 1 amide bonds. The number of rotatable bonds is 3. The first-order valence-corrected chi connectivity index (χ1v) is 9.15. The van der Waals surface area contributed by atoms with Crippen LogP contribution in [0.25, 0.3) is 0 Å². The zero-order valence-corrected chi connectivity index (χ0v) is 15.0. The van der Waals surface area contributed by atoms with Crippen LogP contribution < -0.4 is 5.32 Å². The highest BCUT2D eigenvalue weighted by atomic mass is 32.2. The Labute approximate surface area is 138 Å². The summed E-state index contributed by atoms with van der Waals surface area (Å²) >= 11 is 0. The van der Waals surface area contributed by atoms with E-state index in [9.17, 15) is 13.2 Å². The maximum atomic E-state index is 12.7. The molecule has 0 bridgehead atoms. The molecule has 1 aliphatic rings. The Bertz CT molecular complexity index is 672. The first kappa shape index (κ1) is 17.9. The van der Waals surface area contributed by atoms with Crippen LogP contribution in [-0.2, 0) is 10.0 Å². The van der Waals surface area contributed by atoms with Crippen molar-refractivity contribution in [3.05, 3.63) is 29.8 Å². The predicted molar refractivity (Wildman–Crippen MR) is 89.9 cm³/mol. The number of amides is 1. The summed E-state index contributed by atoms with van der Waals surface area (Å²) < 4.78 is 26.9. The summed E-state index contributed by atoms with van der Waals surface area (Å²) in [4.78, 5) is 14.5. The summed E-state index contributed by atoms with van der Waals surface area (Å²) in [6, 6.07) is 6.24. The lowest BCUT2D eigenvalue weighted by atomic mass is 10.1. The topological polar surface area (TPSA) is 69.7 Å². The average Bonchev–Trinajstić information content (AvgIpc) is 2.46. The van der Waals surface area contributed by atoms with E-state index in [-0.39, 0.29) is 16.3 Å².